The Morgan fingerprint density at radius 3 is 2.69 bits per heavy atom. The predicted molar refractivity (Wildman–Crippen MR) is 99.8 cm³/mol. The van der Waals surface area contributed by atoms with Crippen molar-refractivity contribution in [3.8, 4) is 0 Å². The minimum Gasteiger partial charge on any atom is -0.355 e. The van der Waals surface area contributed by atoms with Crippen LogP contribution in [0.3, 0.4) is 0 Å². The van der Waals surface area contributed by atoms with Gasteiger partial charge in [-0.3, -0.25) is 9.59 Å². The van der Waals surface area contributed by atoms with Crippen LogP contribution >= 0.6 is 11.6 Å². The number of carbonyl (C=O) groups is 2. The highest BCUT2D eigenvalue weighted by atomic mass is 35.5. The van der Waals surface area contributed by atoms with E-state index in [1.54, 1.807) is 23.1 Å². The molecule has 1 saturated heterocycles. The lowest BCUT2D eigenvalue weighted by molar-refractivity contribution is -0.126. The van der Waals surface area contributed by atoms with Crippen molar-refractivity contribution < 1.29 is 14.0 Å². The highest BCUT2D eigenvalue weighted by molar-refractivity contribution is 6.31. The van der Waals surface area contributed by atoms with Crippen LogP contribution in [0.5, 0.6) is 0 Å². The molecule has 1 atom stereocenters. The van der Waals surface area contributed by atoms with E-state index < -0.39 is 0 Å². The van der Waals surface area contributed by atoms with E-state index in [1.807, 2.05) is 19.1 Å². The first kappa shape index (κ1) is 18.4. The quantitative estimate of drug-likeness (QED) is 0.870. The van der Waals surface area contributed by atoms with Crippen molar-refractivity contribution in [1.29, 1.82) is 0 Å². The number of carbonyl (C=O) groups excluding carboxylic acids is 2. The van der Waals surface area contributed by atoms with Crippen LogP contribution in [-0.4, -0.2) is 24.9 Å². The molecule has 0 radical (unpaired) electrons. The van der Waals surface area contributed by atoms with Crippen molar-refractivity contribution in [1.82, 2.24) is 5.32 Å². The van der Waals surface area contributed by atoms with Crippen LogP contribution in [0.4, 0.5) is 10.1 Å². The van der Waals surface area contributed by atoms with E-state index in [1.165, 1.54) is 12.1 Å². The second-order valence-electron chi connectivity index (χ2n) is 6.51. The van der Waals surface area contributed by atoms with Crippen molar-refractivity contribution in [3.63, 3.8) is 0 Å². The molecule has 4 nitrogen and oxygen atoms in total. The maximum atomic E-state index is 12.9. The third-order valence-electron chi connectivity index (χ3n) is 4.59. The summed E-state index contributed by atoms with van der Waals surface area (Å²) in [4.78, 5) is 26.2. The van der Waals surface area contributed by atoms with Gasteiger partial charge in [-0.05, 0) is 48.7 Å². The molecule has 0 aliphatic carbocycles. The fourth-order valence-corrected chi connectivity index (χ4v) is 3.18. The molecule has 2 aromatic rings. The Morgan fingerprint density at radius 2 is 2.00 bits per heavy atom. The minimum atomic E-state index is -0.379. The van der Waals surface area contributed by atoms with Crippen LogP contribution in [-0.2, 0) is 16.0 Å². The van der Waals surface area contributed by atoms with Gasteiger partial charge in [0.1, 0.15) is 5.82 Å². The molecular weight excluding hydrogens is 355 g/mol. The summed E-state index contributed by atoms with van der Waals surface area (Å²) in [5, 5.41) is 3.46. The highest BCUT2D eigenvalue weighted by Gasteiger charge is 2.35. The van der Waals surface area contributed by atoms with Crippen molar-refractivity contribution in [2.45, 2.75) is 19.8 Å². The number of aryl methyl sites for hydroxylation is 1. The molecule has 0 saturated carbocycles. The maximum Gasteiger partial charge on any atom is 0.227 e. The fourth-order valence-electron chi connectivity index (χ4n) is 3.01. The summed E-state index contributed by atoms with van der Waals surface area (Å²) in [5.41, 5.74) is 2.61. The SMILES string of the molecule is Cc1ccc(N2C[C@@H](C(=O)NCCc3ccc(F)cc3)CC2=O)cc1Cl. The smallest absolute Gasteiger partial charge is 0.227 e. The number of benzene rings is 2. The maximum absolute atomic E-state index is 12.9. The Labute approximate surface area is 157 Å². The molecule has 26 heavy (non-hydrogen) atoms. The second-order valence-corrected chi connectivity index (χ2v) is 6.91. The number of nitrogens with one attached hydrogen (secondary N) is 1. The van der Waals surface area contributed by atoms with Crippen LogP contribution in [0.1, 0.15) is 17.5 Å². The summed E-state index contributed by atoms with van der Waals surface area (Å²) >= 11 is 6.13. The van der Waals surface area contributed by atoms with E-state index >= 15 is 0 Å². The van der Waals surface area contributed by atoms with Crippen molar-refractivity contribution in [2.75, 3.05) is 18.0 Å². The van der Waals surface area contributed by atoms with Crippen molar-refractivity contribution >= 4 is 29.1 Å². The first-order valence-corrected chi connectivity index (χ1v) is 8.90. The summed E-state index contributed by atoms with van der Waals surface area (Å²) in [6, 6.07) is 11.7. The zero-order valence-electron chi connectivity index (χ0n) is 14.5. The van der Waals surface area contributed by atoms with Crippen LogP contribution in [0.2, 0.25) is 5.02 Å². The monoisotopic (exact) mass is 374 g/mol. The molecule has 1 N–H and O–H groups in total. The molecule has 0 aromatic heterocycles. The van der Waals surface area contributed by atoms with Gasteiger partial charge in [-0.1, -0.05) is 29.8 Å². The second kappa shape index (κ2) is 7.87. The number of nitrogens with zero attached hydrogens (tertiary/aromatic N) is 1. The Hall–Kier alpha value is -2.40. The summed E-state index contributed by atoms with van der Waals surface area (Å²) in [7, 11) is 0. The third-order valence-corrected chi connectivity index (χ3v) is 5.00. The number of halogens is 2. The highest BCUT2D eigenvalue weighted by Crippen LogP contribution is 2.28. The third kappa shape index (κ3) is 4.22. The van der Waals surface area contributed by atoms with Gasteiger partial charge in [-0.25, -0.2) is 4.39 Å². The number of hydrogen-bond donors (Lipinski definition) is 1. The van der Waals surface area contributed by atoms with Crippen molar-refractivity contribution in [3.05, 3.63) is 64.4 Å². The molecule has 0 unspecified atom stereocenters. The normalized spacial score (nSPS) is 16.8. The summed E-state index contributed by atoms with van der Waals surface area (Å²) in [6.07, 6.45) is 0.803. The van der Waals surface area contributed by atoms with Gasteiger partial charge in [0.05, 0.1) is 5.92 Å². The van der Waals surface area contributed by atoms with E-state index in [0.29, 0.717) is 30.2 Å². The van der Waals surface area contributed by atoms with Gasteiger partial charge in [-0.2, -0.15) is 0 Å². The molecule has 2 amide bonds. The van der Waals surface area contributed by atoms with Gasteiger partial charge in [0, 0.05) is 30.2 Å². The van der Waals surface area contributed by atoms with E-state index in [2.05, 4.69) is 5.32 Å². The topological polar surface area (TPSA) is 49.4 Å². The van der Waals surface area contributed by atoms with Gasteiger partial charge < -0.3 is 10.2 Å². The number of rotatable bonds is 5. The first-order valence-electron chi connectivity index (χ1n) is 8.52. The molecule has 1 fully saturated rings. The lowest BCUT2D eigenvalue weighted by atomic mass is 10.1. The Morgan fingerprint density at radius 1 is 1.27 bits per heavy atom. The predicted octanol–water partition coefficient (Wildman–Crippen LogP) is 3.50. The van der Waals surface area contributed by atoms with E-state index in [4.69, 9.17) is 11.6 Å². The van der Waals surface area contributed by atoms with Gasteiger partial charge in [0.15, 0.2) is 0 Å². The van der Waals surface area contributed by atoms with Gasteiger partial charge in [0.2, 0.25) is 11.8 Å². The van der Waals surface area contributed by atoms with Crippen LogP contribution in [0, 0.1) is 18.7 Å². The molecule has 3 rings (SSSR count). The first-order chi connectivity index (χ1) is 12.4. The molecule has 0 spiro atoms. The van der Waals surface area contributed by atoms with Crippen molar-refractivity contribution in [2.24, 2.45) is 5.92 Å². The standard InChI is InChI=1S/C20H20ClFN2O2/c1-13-2-7-17(11-18(13)21)24-12-15(10-19(24)25)20(26)23-9-8-14-3-5-16(22)6-4-14/h2-7,11,15H,8-10,12H2,1H3,(H,23,26)/t15-/m0/s1. The molecule has 6 heteroatoms. The molecule has 2 aromatic carbocycles. The Kier molecular flexibility index (Phi) is 5.57. The zero-order chi connectivity index (χ0) is 18.7. The average molecular weight is 375 g/mol. The molecule has 1 heterocycles. The lowest BCUT2D eigenvalue weighted by Crippen LogP contribution is -2.34. The minimum absolute atomic E-state index is 0.0800. The zero-order valence-corrected chi connectivity index (χ0v) is 15.2. The summed E-state index contributed by atoms with van der Waals surface area (Å²) in [6.45, 7) is 2.70. The molecule has 0 bridgehead atoms. The molecule has 136 valence electrons. The Bertz CT molecular complexity index is 823. The van der Waals surface area contributed by atoms with E-state index in [9.17, 15) is 14.0 Å². The fraction of sp³-hybridized carbons (Fsp3) is 0.300. The average Bonchev–Trinajstić information content (AvgIpc) is 3.01. The van der Waals surface area contributed by atoms with Crippen LogP contribution in [0.15, 0.2) is 42.5 Å². The van der Waals surface area contributed by atoms with Gasteiger partial charge in [0.25, 0.3) is 0 Å². The lowest BCUT2D eigenvalue weighted by Gasteiger charge is -2.17. The van der Waals surface area contributed by atoms with Crippen LogP contribution < -0.4 is 10.2 Å². The van der Waals surface area contributed by atoms with Gasteiger partial charge in [-0.15, -0.1) is 0 Å². The number of amides is 2. The molecule has 1 aliphatic heterocycles. The molecular formula is C20H20ClFN2O2. The van der Waals surface area contributed by atoms with Crippen LogP contribution in [0.25, 0.3) is 0 Å². The molecule has 1 aliphatic rings. The Balaban J connectivity index is 1.54. The summed E-state index contributed by atoms with van der Waals surface area (Å²) in [5.74, 6) is -0.876. The van der Waals surface area contributed by atoms with E-state index in [-0.39, 0.29) is 30.0 Å². The van der Waals surface area contributed by atoms with Gasteiger partial charge >= 0.3 is 0 Å². The van der Waals surface area contributed by atoms with E-state index in [0.717, 1.165) is 11.1 Å². The largest absolute Gasteiger partial charge is 0.355 e. The number of anilines is 1. The summed E-state index contributed by atoms with van der Waals surface area (Å²) < 4.78 is 12.9. The number of hydrogen-bond acceptors (Lipinski definition) is 2.